The molecule has 1 saturated carbocycles. The molecule has 1 aliphatic heterocycles. The molecule has 0 bridgehead atoms. The van der Waals surface area contributed by atoms with E-state index in [4.69, 9.17) is 5.11 Å². The summed E-state index contributed by atoms with van der Waals surface area (Å²) in [6.07, 6.45) is 4.56. The fraction of sp³-hybridized carbons (Fsp3) is 0.667. The van der Waals surface area contributed by atoms with E-state index in [-0.39, 0.29) is 6.54 Å². The third-order valence-corrected chi connectivity index (χ3v) is 6.09. The predicted molar refractivity (Wildman–Crippen MR) is 104 cm³/mol. The first kappa shape index (κ1) is 19.3. The third-order valence-electron chi connectivity index (χ3n) is 6.09. The van der Waals surface area contributed by atoms with Crippen molar-refractivity contribution in [2.45, 2.75) is 70.2 Å². The van der Waals surface area contributed by atoms with E-state index < -0.39 is 5.97 Å². The number of likely N-dealkylation sites (tertiary alicyclic amines) is 1. The fourth-order valence-electron chi connectivity index (χ4n) is 4.45. The number of benzene rings is 1. The van der Waals surface area contributed by atoms with Crippen LogP contribution in [0.4, 0.5) is 0 Å². The van der Waals surface area contributed by atoms with Gasteiger partial charge in [-0.1, -0.05) is 37.3 Å². The van der Waals surface area contributed by atoms with Gasteiger partial charge in [-0.15, -0.1) is 0 Å². The number of nitrogens with zero attached hydrogens (tertiary/aromatic N) is 2. The van der Waals surface area contributed by atoms with Crippen molar-refractivity contribution in [3.8, 4) is 0 Å². The minimum Gasteiger partial charge on any atom is -0.480 e. The van der Waals surface area contributed by atoms with Crippen molar-refractivity contribution in [2.75, 3.05) is 19.6 Å². The van der Waals surface area contributed by atoms with Crippen molar-refractivity contribution >= 4 is 5.97 Å². The van der Waals surface area contributed by atoms with Crippen LogP contribution in [0, 0.1) is 0 Å². The van der Waals surface area contributed by atoms with Gasteiger partial charge in [0.2, 0.25) is 0 Å². The SMILES string of the molecule is CCN(CC(=O)O)C1CC(NC2CCN(Cc3ccccc3)C(C)C2)C1. The Kier molecular flexibility index (Phi) is 6.68. The molecule has 2 fully saturated rings. The van der Waals surface area contributed by atoms with Gasteiger partial charge < -0.3 is 10.4 Å². The molecule has 144 valence electrons. The Bertz CT molecular complexity index is 574. The minimum absolute atomic E-state index is 0.169. The maximum absolute atomic E-state index is 10.9. The Hall–Kier alpha value is -1.43. The second-order valence-corrected chi connectivity index (χ2v) is 7.97. The van der Waals surface area contributed by atoms with Crippen LogP contribution in [0.1, 0.15) is 45.1 Å². The number of aliphatic carboxylic acids is 1. The molecule has 2 N–H and O–H groups in total. The van der Waals surface area contributed by atoms with Crippen LogP contribution in [0.25, 0.3) is 0 Å². The molecule has 2 atom stereocenters. The van der Waals surface area contributed by atoms with Gasteiger partial charge in [0.25, 0.3) is 0 Å². The summed E-state index contributed by atoms with van der Waals surface area (Å²) in [5, 5.41) is 12.8. The second-order valence-electron chi connectivity index (χ2n) is 7.97. The Balaban J connectivity index is 1.40. The first-order valence-electron chi connectivity index (χ1n) is 10.0. The van der Waals surface area contributed by atoms with Gasteiger partial charge in [0.1, 0.15) is 0 Å². The normalized spacial score (nSPS) is 29.5. The van der Waals surface area contributed by atoms with Gasteiger partial charge in [0.15, 0.2) is 0 Å². The van der Waals surface area contributed by atoms with Crippen LogP contribution in [0.3, 0.4) is 0 Å². The predicted octanol–water partition coefficient (Wildman–Crippen LogP) is 2.57. The minimum atomic E-state index is -0.720. The molecule has 0 spiro atoms. The van der Waals surface area contributed by atoms with Gasteiger partial charge in [-0.05, 0) is 44.7 Å². The van der Waals surface area contributed by atoms with Gasteiger partial charge in [0.05, 0.1) is 6.54 Å². The van der Waals surface area contributed by atoms with E-state index in [1.54, 1.807) is 0 Å². The van der Waals surface area contributed by atoms with Gasteiger partial charge in [-0.2, -0.15) is 0 Å². The molecule has 1 heterocycles. The zero-order valence-corrected chi connectivity index (χ0v) is 16.1. The molecule has 3 rings (SSSR count). The highest BCUT2D eigenvalue weighted by Crippen LogP contribution is 2.28. The van der Waals surface area contributed by atoms with Crippen molar-refractivity contribution < 1.29 is 9.90 Å². The van der Waals surface area contributed by atoms with Crippen LogP contribution < -0.4 is 5.32 Å². The van der Waals surface area contributed by atoms with Crippen LogP contribution in [0.2, 0.25) is 0 Å². The first-order chi connectivity index (χ1) is 12.5. The lowest BCUT2D eigenvalue weighted by molar-refractivity contribution is -0.139. The number of likely N-dealkylation sites (N-methyl/N-ethyl adjacent to an activating group) is 1. The third kappa shape index (κ3) is 5.06. The number of rotatable bonds is 8. The maximum atomic E-state index is 10.9. The average Bonchev–Trinajstić information content (AvgIpc) is 2.59. The Labute approximate surface area is 157 Å². The van der Waals surface area contributed by atoms with Gasteiger partial charge in [-0.3, -0.25) is 14.6 Å². The summed E-state index contributed by atoms with van der Waals surface area (Å²) in [5.41, 5.74) is 1.39. The van der Waals surface area contributed by atoms with Crippen LogP contribution in [0.5, 0.6) is 0 Å². The zero-order chi connectivity index (χ0) is 18.5. The van der Waals surface area contributed by atoms with Gasteiger partial charge in [-0.25, -0.2) is 0 Å². The summed E-state index contributed by atoms with van der Waals surface area (Å²) in [7, 11) is 0. The second kappa shape index (κ2) is 8.98. The number of hydrogen-bond donors (Lipinski definition) is 2. The van der Waals surface area contributed by atoms with E-state index in [9.17, 15) is 4.79 Å². The van der Waals surface area contributed by atoms with E-state index >= 15 is 0 Å². The Morgan fingerprint density at radius 3 is 2.58 bits per heavy atom. The highest BCUT2D eigenvalue weighted by atomic mass is 16.4. The van der Waals surface area contributed by atoms with Crippen molar-refractivity contribution in [1.29, 1.82) is 0 Å². The summed E-state index contributed by atoms with van der Waals surface area (Å²) < 4.78 is 0. The molecule has 1 aromatic rings. The first-order valence-corrected chi connectivity index (χ1v) is 10.0. The van der Waals surface area contributed by atoms with Crippen LogP contribution >= 0.6 is 0 Å². The molecular formula is C21H33N3O2. The Morgan fingerprint density at radius 2 is 1.96 bits per heavy atom. The van der Waals surface area contributed by atoms with Crippen molar-refractivity contribution in [3.05, 3.63) is 35.9 Å². The number of carbonyl (C=O) groups is 1. The number of carboxylic acid groups (broad SMARTS) is 1. The Morgan fingerprint density at radius 1 is 1.23 bits per heavy atom. The lowest BCUT2D eigenvalue weighted by Gasteiger charge is -2.46. The molecule has 5 heteroatoms. The summed E-state index contributed by atoms with van der Waals surface area (Å²) in [6, 6.07) is 12.9. The highest BCUT2D eigenvalue weighted by Gasteiger charge is 2.36. The topological polar surface area (TPSA) is 55.8 Å². The molecule has 0 amide bonds. The molecular weight excluding hydrogens is 326 g/mol. The zero-order valence-electron chi connectivity index (χ0n) is 16.1. The van der Waals surface area contributed by atoms with Crippen LogP contribution in [-0.2, 0) is 11.3 Å². The molecule has 1 saturated heterocycles. The van der Waals surface area contributed by atoms with Crippen molar-refractivity contribution in [1.82, 2.24) is 15.1 Å². The number of nitrogens with one attached hydrogen (secondary N) is 1. The molecule has 1 aliphatic carbocycles. The van der Waals surface area contributed by atoms with Gasteiger partial charge in [0, 0.05) is 37.3 Å². The summed E-state index contributed by atoms with van der Waals surface area (Å²) in [5.74, 6) is -0.720. The molecule has 1 aromatic carbocycles. The number of piperidine rings is 1. The summed E-state index contributed by atoms with van der Waals surface area (Å²) in [4.78, 5) is 15.6. The van der Waals surface area contributed by atoms with Gasteiger partial charge >= 0.3 is 5.97 Å². The average molecular weight is 360 g/mol. The molecule has 0 radical (unpaired) electrons. The lowest BCUT2D eigenvalue weighted by Crippen LogP contribution is -2.57. The standard InChI is InChI=1S/C21H33N3O2/c1-3-23(15-21(25)26)20-12-19(13-20)22-18-9-10-24(16(2)11-18)14-17-7-5-4-6-8-17/h4-8,16,18-20,22H,3,9-15H2,1-2H3,(H,25,26). The quantitative estimate of drug-likeness (QED) is 0.747. The number of carboxylic acids is 1. The molecule has 2 unspecified atom stereocenters. The van der Waals surface area contributed by atoms with E-state index in [1.165, 1.54) is 18.4 Å². The van der Waals surface area contributed by atoms with Crippen LogP contribution in [-0.4, -0.2) is 64.7 Å². The lowest BCUT2D eigenvalue weighted by atomic mass is 9.83. The van der Waals surface area contributed by atoms with Crippen molar-refractivity contribution in [3.63, 3.8) is 0 Å². The fourth-order valence-corrected chi connectivity index (χ4v) is 4.45. The largest absolute Gasteiger partial charge is 0.480 e. The summed E-state index contributed by atoms with van der Waals surface area (Å²) in [6.45, 7) is 7.56. The smallest absolute Gasteiger partial charge is 0.317 e. The molecule has 2 aliphatic rings. The van der Waals surface area contributed by atoms with E-state index in [2.05, 4.69) is 52.4 Å². The van der Waals surface area contributed by atoms with E-state index in [1.807, 2.05) is 6.92 Å². The molecule has 26 heavy (non-hydrogen) atoms. The molecule has 0 aromatic heterocycles. The monoisotopic (exact) mass is 359 g/mol. The van der Waals surface area contributed by atoms with E-state index in [0.717, 1.165) is 32.5 Å². The maximum Gasteiger partial charge on any atom is 0.317 e. The summed E-state index contributed by atoms with van der Waals surface area (Å²) >= 11 is 0. The molecule has 5 nitrogen and oxygen atoms in total. The van der Waals surface area contributed by atoms with Crippen molar-refractivity contribution in [2.24, 2.45) is 0 Å². The van der Waals surface area contributed by atoms with E-state index in [0.29, 0.717) is 24.2 Å². The highest BCUT2D eigenvalue weighted by molar-refractivity contribution is 5.69. The van der Waals surface area contributed by atoms with Crippen LogP contribution in [0.15, 0.2) is 30.3 Å². The number of hydrogen-bond acceptors (Lipinski definition) is 4.